The van der Waals surface area contributed by atoms with Gasteiger partial charge in [0.25, 0.3) is 0 Å². The second-order valence-electron chi connectivity index (χ2n) is 4.41. The molecule has 0 bridgehead atoms. The van der Waals surface area contributed by atoms with Gasteiger partial charge in [-0.2, -0.15) is 0 Å². The van der Waals surface area contributed by atoms with Crippen molar-refractivity contribution in [2.24, 2.45) is 0 Å². The molecule has 0 aliphatic rings. The summed E-state index contributed by atoms with van der Waals surface area (Å²) in [6.45, 7) is 6.47. The molecule has 1 aromatic carbocycles. The van der Waals surface area contributed by atoms with E-state index in [2.05, 4.69) is 48.1 Å². The van der Waals surface area contributed by atoms with E-state index in [1.165, 1.54) is 0 Å². The van der Waals surface area contributed by atoms with Crippen LogP contribution in [0.2, 0.25) is 0 Å². The van der Waals surface area contributed by atoms with E-state index in [-0.39, 0.29) is 5.41 Å². The van der Waals surface area contributed by atoms with Gasteiger partial charge in [0, 0.05) is 11.5 Å². The quantitative estimate of drug-likeness (QED) is 0.757. The second kappa shape index (κ2) is 3.81. The molecule has 14 heavy (non-hydrogen) atoms. The van der Waals surface area contributed by atoms with E-state index in [0.29, 0.717) is 0 Å². The fraction of sp³-hybridized carbons (Fsp3) is 0.455. The first-order chi connectivity index (χ1) is 6.36. The molecular formula is C11H17BrN2. The lowest BCUT2D eigenvalue weighted by Crippen LogP contribution is -2.15. The van der Waals surface area contributed by atoms with Crippen LogP contribution >= 0.6 is 15.9 Å². The molecule has 0 fully saturated rings. The number of nitrogens with one attached hydrogen (secondary N) is 1. The van der Waals surface area contributed by atoms with E-state index in [1.54, 1.807) is 0 Å². The zero-order valence-corrected chi connectivity index (χ0v) is 10.7. The Kier molecular flexibility index (Phi) is 3.10. The van der Waals surface area contributed by atoms with Crippen LogP contribution in [-0.2, 0) is 5.41 Å². The van der Waals surface area contributed by atoms with E-state index in [1.807, 2.05) is 13.1 Å². The lowest BCUT2D eigenvalue weighted by atomic mass is 9.85. The number of rotatable bonds is 1. The Hall–Kier alpha value is -0.700. The summed E-state index contributed by atoms with van der Waals surface area (Å²) in [6, 6.07) is 4.07. The van der Waals surface area contributed by atoms with Crippen LogP contribution in [-0.4, -0.2) is 7.05 Å². The fourth-order valence-corrected chi connectivity index (χ4v) is 1.90. The maximum absolute atomic E-state index is 6.07. The number of benzene rings is 1. The number of nitrogens with two attached hydrogens (primary N) is 1. The van der Waals surface area contributed by atoms with Gasteiger partial charge in [-0.05, 0) is 23.1 Å². The van der Waals surface area contributed by atoms with Crippen molar-refractivity contribution >= 4 is 27.3 Å². The van der Waals surface area contributed by atoms with Gasteiger partial charge in [-0.3, -0.25) is 0 Å². The molecule has 1 aromatic rings. The van der Waals surface area contributed by atoms with Gasteiger partial charge in [-0.15, -0.1) is 0 Å². The monoisotopic (exact) mass is 256 g/mol. The summed E-state index contributed by atoms with van der Waals surface area (Å²) < 4.78 is 1.06. The molecule has 0 unspecified atom stereocenters. The molecule has 0 radical (unpaired) electrons. The molecule has 2 nitrogen and oxygen atoms in total. The van der Waals surface area contributed by atoms with Gasteiger partial charge in [0.15, 0.2) is 0 Å². The van der Waals surface area contributed by atoms with Crippen molar-refractivity contribution < 1.29 is 0 Å². The minimum absolute atomic E-state index is 0.0689. The summed E-state index contributed by atoms with van der Waals surface area (Å²) in [6.07, 6.45) is 0. The predicted octanol–water partition coefficient (Wildman–Crippen LogP) is 3.37. The highest BCUT2D eigenvalue weighted by Crippen LogP contribution is 2.35. The normalized spacial score (nSPS) is 11.5. The molecular weight excluding hydrogens is 240 g/mol. The topological polar surface area (TPSA) is 38.0 Å². The van der Waals surface area contributed by atoms with Crippen LogP contribution in [0.4, 0.5) is 11.4 Å². The van der Waals surface area contributed by atoms with E-state index < -0.39 is 0 Å². The van der Waals surface area contributed by atoms with Gasteiger partial charge in [0.2, 0.25) is 0 Å². The van der Waals surface area contributed by atoms with Gasteiger partial charge < -0.3 is 11.1 Å². The Bertz CT molecular complexity index is 340. The number of anilines is 2. The number of halogens is 1. The van der Waals surface area contributed by atoms with Gasteiger partial charge in [0.1, 0.15) is 0 Å². The second-order valence-corrected chi connectivity index (χ2v) is 5.33. The van der Waals surface area contributed by atoms with Crippen molar-refractivity contribution in [2.75, 3.05) is 18.1 Å². The largest absolute Gasteiger partial charge is 0.397 e. The van der Waals surface area contributed by atoms with E-state index in [4.69, 9.17) is 5.73 Å². The Labute approximate surface area is 94.0 Å². The third-order valence-electron chi connectivity index (χ3n) is 2.22. The average Bonchev–Trinajstić information content (AvgIpc) is 2.06. The summed E-state index contributed by atoms with van der Waals surface area (Å²) in [4.78, 5) is 0. The Balaban J connectivity index is 3.37. The lowest BCUT2D eigenvalue weighted by Gasteiger charge is -2.23. The number of hydrogen-bond acceptors (Lipinski definition) is 2. The zero-order valence-electron chi connectivity index (χ0n) is 9.11. The first-order valence-electron chi connectivity index (χ1n) is 4.63. The molecule has 0 saturated carbocycles. The third-order valence-corrected chi connectivity index (χ3v) is 2.68. The average molecular weight is 257 g/mol. The molecule has 3 N–H and O–H groups in total. The molecule has 0 saturated heterocycles. The van der Waals surface area contributed by atoms with E-state index in [9.17, 15) is 0 Å². The third kappa shape index (κ3) is 2.21. The van der Waals surface area contributed by atoms with Crippen LogP contribution in [0.15, 0.2) is 16.6 Å². The van der Waals surface area contributed by atoms with E-state index in [0.717, 1.165) is 21.4 Å². The maximum atomic E-state index is 6.07. The molecule has 78 valence electrons. The zero-order chi connectivity index (χ0) is 10.9. The van der Waals surface area contributed by atoms with Crippen LogP contribution in [0, 0.1) is 0 Å². The molecule has 0 aliphatic heterocycles. The van der Waals surface area contributed by atoms with Crippen molar-refractivity contribution in [3.05, 3.63) is 22.2 Å². The Morgan fingerprint density at radius 1 is 1.29 bits per heavy atom. The highest BCUT2D eigenvalue weighted by Gasteiger charge is 2.19. The summed E-state index contributed by atoms with van der Waals surface area (Å²) in [5.41, 5.74) is 9.11. The van der Waals surface area contributed by atoms with Crippen LogP contribution in [0.3, 0.4) is 0 Å². The van der Waals surface area contributed by atoms with Gasteiger partial charge in [-0.1, -0.05) is 36.7 Å². The molecule has 1 rings (SSSR count). The molecule has 0 aromatic heterocycles. The van der Waals surface area contributed by atoms with Gasteiger partial charge >= 0.3 is 0 Å². The predicted molar refractivity (Wildman–Crippen MR) is 66.8 cm³/mol. The Morgan fingerprint density at radius 2 is 1.86 bits per heavy atom. The van der Waals surface area contributed by atoms with Gasteiger partial charge in [0.05, 0.1) is 11.4 Å². The molecule has 3 heteroatoms. The lowest BCUT2D eigenvalue weighted by molar-refractivity contribution is 0.592. The number of hydrogen-bond donors (Lipinski definition) is 2. The van der Waals surface area contributed by atoms with Crippen molar-refractivity contribution in [3.8, 4) is 0 Å². The van der Waals surface area contributed by atoms with E-state index >= 15 is 0 Å². The molecule has 0 spiro atoms. The summed E-state index contributed by atoms with van der Waals surface area (Å²) in [5, 5.41) is 3.09. The van der Waals surface area contributed by atoms with Crippen molar-refractivity contribution in [2.45, 2.75) is 26.2 Å². The minimum atomic E-state index is 0.0689. The van der Waals surface area contributed by atoms with Crippen molar-refractivity contribution in [1.29, 1.82) is 0 Å². The van der Waals surface area contributed by atoms with Crippen LogP contribution in [0.25, 0.3) is 0 Å². The first kappa shape index (κ1) is 11.4. The number of nitrogen functional groups attached to an aromatic ring is 1. The molecule has 0 aliphatic carbocycles. The summed E-state index contributed by atoms with van der Waals surface area (Å²) in [7, 11) is 1.88. The summed E-state index contributed by atoms with van der Waals surface area (Å²) >= 11 is 3.48. The molecule has 0 heterocycles. The fourth-order valence-electron chi connectivity index (χ4n) is 1.45. The van der Waals surface area contributed by atoms with Crippen molar-refractivity contribution in [3.63, 3.8) is 0 Å². The Morgan fingerprint density at radius 3 is 2.29 bits per heavy atom. The molecule has 0 amide bonds. The van der Waals surface area contributed by atoms with Crippen LogP contribution in [0.5, 0.6) is 0 Å². The van der Waals surface area contributed by atoms with Gasteiger partial charge in [-0.25, -0.2) is 0 Å². The summed E-state index contributed by atoms with van der Waals surface area (Å²) in [5.74, 6) is 0. The van der Waals surface area contributed by atoms with Crippen molar-refractivity contribution in [1.82, 2.24) is 0 Å². The van der Waals surface area contributed by atoms with Crippen LogP contribution < -0.4 is 11.1 Å². The molecule has 0 atom stereocenters. The minimum Gasteiger partial charge on any atom is -0.397 e. The maximum Gasteiger partial charge on any atom is 0.0588 e. The first-order valence-corrected chi connectivity index (χ1v) is 5.43. The SMILES string of the molecule is CNc1cc(Br)cc(C(C)(C)C)c1N. The highest BCUT2D eigenvalue weighted by molar-refractivity contribution is 9.10. The smallest absolute Gasteiger partial charge is 0.0588 e. The van der Waals surface area contributed by atoms with Crippen LogP contribution in [0.1, 0.15) is 26.3 Å². The highest BCUT2D eigenvalue weighted by atomic mass is 79.9. The standard InChI is InChI=1S/C11H17BrN2/c1-11(2,3)8-5-7(12)6-9(14-4)10(8)13/h5-6,14H,13H2,1-4H3.